The van der Waals surface area contributed by atoms with E-state index in [1.807, 2.05) is 39.0 Å². The number of H-pyrrole nitrogens is 1. The lowest BCUT2D eigenvalue weighted by Crippen LogP contribution is -2.33. The predicted octanol–water partition coefficient (Wildman–Crippen LogP) is 2.81. The summed E-state index contributed by atoms with van der Waals surface area (Å²) in [6.45, 7) is 7.15. The number of carbonyl (C=O) groups is 1. The fraction of sp³-hybridized carbons (Fsp3) is 0.444. The molecule has 0 spiro atoms. The van der Waals surface area contributed by atoms with E-state index >= 15 is 0 Å². The number of rotatable bonds is 4. The normalized spacial score (nSPS) is 18.0. The summed E-state index contributed by atoms with van der Waals surface area (Å²) in [6, 6.07) is 8.07. The molecule has 5 nitrogen and oxygen atoms in total. The molecule has 1 aliphatic rings. The van der Waals surface area contributed by atoms with Crippen molar-refractivity contribution in [3.05, 3.63) is 46.8 Å². The first-order chi connectivity index (χ1) is 11.1. The second-order valence-corrected chi connectivity index (χ2v) is 6.19. The SMILES string of the molecule is Cc1n[nH]c(C)c1[C@H](C)C(=O)NC[C@@H]1CCOc2ccccc21. The van der Waals surface area contributed by atoms with Crippen LogP contribution in [0.4, 0.5) is 0 Å². The van der Waals surface area contributed by atoms with Gasteiger partial charge in [-0.25, -0.2) is 0 Å². The van der Waals surface area contributed by atoms with Gasteiger partial charge >= 0.3 is 0 Å². The van der Waals surface area contributed by atoms with Gasteiger partial charge in [0.05, 0.1) is 18.2 Å². The molecule has 2 N–H and O–H groups in total. The van der Waals surface area contributed by atoms with E-state index in [-0.39, 0.29) is 11.8 Å². The van der Waals surface area contributed by atoms with Crippen LogP contribution in [0.15, 0.2) is 24.3 Å². The lowest BCUT2D eigenvalue weighted by molar-refractivity contribution is -0.122. The van der Waals surface area contributed by atoms with E-state index in [1.165, 1.54) is 5.56 Å². The summed E-state index contributed by atoms with van der Waals surface area (Å²) in [7, 11) is 0. The number of aromatic amines is 1. The van der Waals surface area contributed by atoms with Crippen molar-refractivity contribution in [3.8, 4) is 5.75 Å². The number of para-hydroxylation sites is 1. The standard InChI is InChI=1S/C18H23N3O2/c1-11(17-12(2)20-21-13(17)3)18(22)19-10-14-8-9-23-16-7-5-4-6-15(14)16/h4-7,11,14H,8-10H2,1-3H3,(H,19,22)(H,20,21)/t11-,14-/m0/s1. The van der Waals surface area contributed by atoms with Crippen LogP contribution in [0.3, 0.4) is 0 Å². The summed E-state index contributed by atoms with van der Waals surface area (Å²) in [5, 5.41) is 10.2. The molecule has 23 heavy (non-hydrogen) atoms. The number of ether oxygens (including phenoxy) is 1. The number of hydrogen-bond acceptors (Lipinski definition) is 3. The fourth-order valence-corrected chi connectivity index (χ4v) is 3.33. The first-order valence-electron chi connectivity index (χ1n) is 8.08. The molecule has 1 aromatic carbocycles. The van der Waals surface area contributed by atoms with Gasteiger partial charge in [0.1, 0.15) is 5.75 Å². The molecule has 0 aliphatic carbocycles. The van der Waals surface area contributed by atoms with Gasteiger partial charge in [0.15, 0.2) is 0 Å². The lowest BCUT2D eigenvalue weighted by Gasteiger charge is -2.26. The smallest absolute Gasteiger partial charge is 0.227 e. The first kappa shape index (κ1) is 15.6. The Morgan fingerprint density at radius 1 is 1.43 bits per heavy atom. The van der Waals surface area contributed by atoms with E-state index in [2.05, 4.69) is 21.6 Å². The van der Waals surface area contributed by atoms with E-state index in [0.29, 0.717) is 19.1 Å². The third-order valence-electron chi connectivity index (χ3n) is 4.62. The third kappa shape index (κ3) is 3.09. The minimum atomic E-state index is -0.205. The zero-order valence-electron chi connectivity index (χ0n) is 13.8. The average molecular weight is 313 g/mol. The van der Waals surface area contributed by atoms with Crippen molar-refractivity contribution in [2.24, 2.45) is 0 Å². The molecule has 0 saturated carbocycles. The molecule has 3 rings (SSSR count). The number of amides is 1. The Bertz CT molecular complexity index is 689. The molecule has 5 heteroatoms. The van der Waals surface area contributed by atoms with Gasteiger partial charge in [0.25, 0.3) is 0 Å². The van der Waals surface area contributed by atoms with E-state index in [1.54, 1.807) is 0 Å². The van der Waals surface area contributed by atoms with Crippen LogP contribution >= 0.6 is 0 Å². The number of benzene rings is 1. The second-order valence-electron chi connectivity index (χ2n) is 6.19. The van der Waals surface area contributed by atoms with Crippen LogP contribution in [0, 0.1) is 13.8 Å². The Kier molecular flexibility index (Phi) is 4.37. The van der Waals surface area contributed by atoms with Gasteiger partial charge in [0, 0.05) is 23.7 Å². The second kappa shape index (κ2) is 6.44. The number of nitrogens with one attached hydrogen (secondary N) is 2. The summed E-state index contributed by atoms with van der Waals surface area (Å²) in [6.07, 6.45) is 0.926. The molecule has 1 amide bonds. The molecule has 0 fully saturated rings. The van der Waals surface area contributed by atoms with E-state index < -0.39 is 0 Å². The summed E-state index contributed by atoms with van der Waals surface area (Å²) >= 11 is 0. The molecule has 0 bridgehead atoms. The molecule has 122 valence electrons. The minimum absolute atomic E-state index is 0.0431. The van der Waals surface area contributed by atoms with Crippen molar-refractivity contribution in [3.63, 3.8) is 0 Å². The largest absolute Gasteiger partial charge is 0.493 e. The van der Waals surface area contributed by atoms with Gasteiger partial charge in [-0.1, -0.05) is 18.2 Å². The van der Waals surface area contributed by atoms with Crippen molar-refractivity contribution in [2.45, 2.75) is 39.0 Å². The van der Waals surface area contributed by atoms with Crippen molar-refractivity contribution in [2.75, 3.05) is 13.2 Å². The van der Waals surface area contributed by atoms with E-state index in [0.717, 1.165) is 29.1 Å². The number of aromatic nitrogens is 2. The zero-order chi connectivity index (χ0) is 16.4. The van der Waals surface area contributed by atoms with Crippen LogP contribution < -0.4 is 10.1 Å². The molecule has 0 radical (unpaired) electrons. The van der Waals surface area contributed by atoms with Crippen LogP contribution in [0.2, 0.25) is 0 Å². The van der Waals surface area contributed by atoms with E-state index in [4.69, 9.17) is 4.74 Å². The molecule has 1 aromatic heterocycles. The Balaban J connectivity index is 1.66. The van der Waals surface area contributed by atoms with Crippen LogP contribution in [-0.4, -0.2) is 29.3 Å². The van der Waals surface area contributed by atoms with Gasteiger partial charge in [-0.15, -0.1) is 0 Å². The van der Waals surface area contributed by atoms with Crippen LogP contribution in [-0.2, 0) is 4.79 Å². The van der Waals surface area contributed by atoms with Crippen molar-refractivity contribution in [1.82, 2.24) is 15.5 Å². The molecule has 0 unspecified atom stereocenters. The number of aryl methyl sites for hydroxylation is 2. The highest BCUT2D eigenvalue weighted by Gasteiger charge is 2.24. The maximum atomic E-state index is 12.5. The fourth-order valence-electron chi connectivity index (χ4n) is 3.33. The van der Waals surface area contributed by atoms with E-state index in [9.17, 15) is 4.79 Å². The quantitative estimate of drug-likeness (QED) is 0.912. The van der Waals surface area contributed by atoms with Crippen molar-refractivity contribution < 1.29 is 9.53 Å². The first-order valence-corrected chi connectivity index (χ1v) is 8.08. The highest BCUT2D eigenvalue weighted by atomic mass is 16.5. The Morgan fingerprint density at radius 2 is 2.22 bits per heavy atom. The third-order valence-corrected chi connectivity index (χ3v) is 4.62. The average Bonchev–Trinajstić information content (AvgIpc) is 2.90. The lowest BCUT2D eigenvalue weighted by atomic mass is 9.92. The topological polar surface area (TPSA) is 67.0 Å². The van der Waals surface area contributed by atoms with Gasteiger partial charge in [-0.2, -0.15) is 5.10 Å². The van der Waals surface area contributed by atoms with Gasteiger partial charge < -0.3 is 10.1 Å². The van der Waals surface area contributed by atoms with Crippen LogP contribution in [0.1, 0.15) is 47.7 Å². The number of fused-ring (bicyclic) bond motifs is 1. The Labute approximate surface area is 136 Å². The molecule has 0 saturated heterocycles. The predicted molar refractivity (Wildman–Crippen MR) is 88.8 cm³/mol. The summed E-state index contributed by atoms with van der Waals surface area (Å²) < 4.78 is 5.67. The summed E-state index contributed by atoms with van der Waals surface area (Å²) in [5.41, 5.74) is 4.03. The molecule has 2 heterocycles. The highest BCUT2D eigenvalue weighted by molar-refractivity contribution is 5.83. The minimum Gasteiger partial charge on any atom is -0.493 e. The van der Waals surface area contributed by atoms with Crippen LogP contribution in [0.25, 0.3) is 0 Å². The summed E-state index contributed by atoms with van der Waals surface area (Å²) in [5.74, 6) is 1.08. The van der Waals surface area contributed by atoms with Crippen molar-refractivity contribution >= 4 is 5.91 Å². The Morgan fingerprint density at radius 3 is 2.96 bits per heavy atom. The molecule has 2 aromatic rings. The highest BCUT2D eigenvalue weighted by Crippen LogP contribution is 2.33. The number of nitrogens with zero attached hydrogens (tertiary/aromatic N) is 1. The van der Waals surface area contributed by atoms with Crippen molar-refractivity contribution in [1.29, 1.82) is 0 Å². The molecular formula is C18H23N3O2. The van der Waals surface area contributed by atoms with Gasteiger partial charge in [0.2, 0.25) is 5.91 Å². The molecule has 1 aliphatic heterocycles. The number of carbonyl (C=O) groups excluding carboxylic acids is 1. The summed E-state index contributed by atoms with van der Waals surface area (Å²) in [4.78, 5) is 12.5. The zero-order valence-corrected chi connectivity index (χ0v) is 13.8. The molecular weight excluding hydrogens is 290 g/mol. The number of hydrogen-bond donors (Lipinski definition) is 2. The molecule has 2 atom stereocenters. The maximum Gasteiger partial charge on any atom is 0.227 e. The van der Waals surface area contributed by atoms with Gasteiger partial charge in [-0.3, -0.25) is 9.89 Å². The van der Waals surface area contributed by atoms with Gasteiger partial charge in [-0.05, 0) is 38.8 Å². The Hall–Kier alpha value is -2.30. The monoisotopic (exact) mass is 313 g/mol. The maximum absolute atomic E-state index is 12.5. The van der Waals surface area contributed by atoms with Crippen LogP contribution in [0.5, 0.6) is 5.75 Å².